The second kappa shape index (κ2) is 12.2. The van der Waals surface area contributed by atoms with Crippen LogP contribution in [0, 0.1) is 19.8 Å². The topological polar surface area (TPSA) is 106 Å². The Balaban J connectivity index is 1.55. The van der Waals surface area contributed by atoms with Gasteiger partial charge >= 0.3 is 5.91 Å². The number of ether oxygens (including phenoxy) is 2. The number of carbonyl (C=O) groups excluding carboxylic acids is 2. The third-order valence-corrected chi connectivity index (χ3v) is 9.09. The zero-order chi connectivity index (χ0) is 32.0. The highest BCUT2D eigenvalue weighted by atomic mass is 35.5. The van der Waals surface area contributed by atoms with E-state index < -0.39 is 17.7 Å². The number of imidazole rings is 1. The van der Waals surface area contributed by atoms with Gasteiger partial charge in [0.1, 0.15) is 11.3 Å². The van der Waals surface area contributed by atoms with E-state index in [1.807, 2.05) is 43.5 Å². The summed E-state index contributed by atoms with van der Waals surface area (Å²) in [6, 6.07) is 13.4. The minimum atomic E-state index is -1.02. The van der Waals surface area contributed by atoms with E-state index in [2.05, 4.69) is 13.8 Å². The Bertz CT molecular complexity index is 2000. The van der Waals surface area contributed by atoms with E-state index in [-0.39, 0.29) is 17.0 Å². The van der Waals surface area contributed by atoms with Gasteiger partial charge in [0, 0.05) is 11.2 Å². The smallest absolute Gasteiger partial charge is 0.301 e. The number of halogens is 1. The van der Waals surface area contributed by atoms with Crippen molar-refractivity contribution >= 4 is 61.4 Å². The molecule has 2 aromatic carbocycles. The molecule has 0 bridgehead atoms. The van der Waals surface area contributed by atoms with E-state index >= 15 is 0 Å². The van der Waals surface area contributed by atoms with Gasteiger partial charge in [-0.25, -0.2) is 9.97 Å². The van der Waals surface area contributed by atoms with Crippen LogP contribution in [-0.2, 0) is 9.59 Å². The molecule has 1 unspecified atom stereocenters. The fourth-order valence-corrected chi connectivity index (χ4v) is 6.76. The van der Waals surface area contributed by atoms with Crippen molar-refractivity contribution in [2.45, 2.75) is 47.1 Å². The standard InChI is InChI=1S/C34H33ClN4O5S/c1-6-43-25-16-21(9-12-24(25)44-15-13-18(2)3)29-27(30(40)28-20(5)38-14-7-8-19(4)32(38)37-28)31(41)33(42)39(29)34-36-23-11-10-22(35)17-26(23)45-34/h7-12,14,16-18,29,40H,6,13,15H2,1-5H3. The first-order valence-electron chi connectivity index (χ1n) is 14.8. The molecule has 1 aliphatic heterocycles. The molecule has 0 saturated carbocycles. The second-order valence-electron chi connectivity index (χ2n) is 11.4. The van der Waals surface area contributed by atoms with E-state index in [0.29, 0.717) is 63.2 Å². The zero-order valence-electron chi connectivity index (χ0n) is 25.6. The number of pyridine rings is 1. The third kappa shape index (κ3) is 5.53. The molecule has 1 aliphatic rings. The summed E-state index contributed by atoms with van der Waals surface area (Å²) in [7, 11) is 0. The number of thiazole rings is 1. The molecule has 232 valence electrons. The van der Waals surface area contributed by atoms with Gasteiger partial charge in [-0.3, -0.25) is 14.5 Å². The number of benzene rings is 2. The Labute approximate surface area is 269 Å². The molecule has 1 atom stereocenters. The monoisotopic (exact) mass is 644 g/mol. The van der Waals surface area contributed by atoms with Gasteiger partial charge in [0.15, 0.2) is 22.4 Å². The summed E-state index contributed by atoms with van der Waals surface area (Å²) in [6.07, 6.45) is 2.71. The number of fused-ring (bicyclic) bond motifs is 2. The van der Waals surface area contributed by atoms with Crippen molar-refractivity contribution in [3.8, 4) is 11.5 Å². The molecule has 0 aliphatic carbocycles. The highest BCUT2D eigenvalue weighted by molar-refractivity contribution is 7.22. The molecule has 11 heteroatoms. The molecule has 9 nitrogen and oxygen atoms in total. The molecule has 1 saturated heterocycles. The van der Waals surface area contributed by atoms with E-state index in [1.165, 1.54) is 16.2 Å². The van der Waals surface area contributed by atoms with Gasteiger partial charge in [-0.2, -0.15) is 0 Å². The normalized spacial score (nSPS) is 16.4. The average molecular weight is 645 g/mol. The van der Waals surface area contributed by atoms with Crippen LogP contribution in [0.15, 0.2) is 60.3 Å². The van der Waals surface area contributed by atoms with E-state index in [0.717, 1.165) is 16.7 Å². The van der Waals surface area contributed by atoms with Gasteiger partial charge in [-0.1, -0.05) is 48.9 Å². The summed E-state index contributed by atoms with van der Waals surface area (Å²) in [5, 5.41) is 12.7. The van der Waals surface area contributed by atoms with Crippen molar-refractivity contribution in [2.75, 3.05) is 18.1 Å². The first kappa shape index (κ1) is 30.6. The van der Waals surface area contributed by atoms with E-state index in [1.54, 1.807) is 36.4 Å². The number of nitrogens with zero attached hydrogens (tertiary/aromatic N) is 4. The summed E-state index contributed by atoms with van der Waals surface area (Å²) in [5.41, 5.74) is 3.50. The van der Waals surface area contributed by atoms with Crippen molar-refractivity contribution in [3.63, 3.8) is 0 Å². The van der Waals surface area contributed by atoms with Gasteiger partial charge in [-0.05, 0) is 80.6 Å². The number of anilines is 1. The van der Waals surface area contributed by atoms with Crippen LogP contribution >= 0.6 is 22.9 Å². The predicted octanol–water partition coefficient (Wildman–Crippen LogP) is 7.66. The van der Waals surface area contributed by atoms with E-state index in [4.69, 9.17) is 31.0 Å². The van der Waals surface area contributed by atoms with E-state index in [9.17, 15) is 14.7 Å². The minimum absolute atomic E-state index is 0.0858. The summed E-state index contributed by atoms with van der Waals surface area (Å²) in [4.78, 5) is 38.5. The molecule has 0 spiro atoms. The fraction of sp³-hybridized carbons (Fsp3) is 0.294. The molecule has 45 heavy (non-hydrogen) atoms. The van der Waals surface area contributed by atoms with Crippen LogP contribution in [0.1, 0.15) is 55.7 Å². The highest BCUT2D eigenvalue weighted by Gasteiger charge is 2.49. The maximum Gasteiger partial charge on any atom is 0.301 e. The number of aliphatic hydroxyl groups excluding tert-OH is 1. The van der Waals surface area contributed by atoms with Crippen LogP contribution < -0.4 is 14.4 Å². The number of aromatic nitrogens is 3. The molecule has 6 rings (SSSR count). The Morgan fingerprint density at radius 2 is 1.87 bits per heavy atom. The van der Waals surface area contributed by atoms with Gasteiger partial charge in [0.2, 0.25) is 0 Å². The number of carbonyl (C=O) groups is 2. The Morgan fingerprint density at radius 3 is 2.60 bits per heavy atom. The van der Waals surface area contributed by atoms with Crippen molar-refractivity contribution in [2.24, 2.45) is 5.92 Å². The van der Waals surface area contributed by atoms with Crippen molar-refractivity contribution < 1.29 is 24.2 Å². The minimum Gasteiger partial charge on any atom is -0.505 e. The SMILES string of the molecule is CCOc1cc(C2C(=C(O)c3nc4c(C)cccn4c3C)C(=O)C(=O)N2c2nc3ccc(Cl)cc3s2)ccc1OCCC(C)C. The quantitative estimate of drug-likeness (QED) is 0.0997. The predicted molar refractivity (Wildman–Crippen MR) is 177 cm³/mol. The molecular weight excluding hydrogens is 612 g/mol. The van der Waals surface area contributed by atoms with Gasteiger partial charge in [-0.15, -0.1) is 0 Å². The summed E-state index contributed by atoms with van der Waals surface area (Å²) in [5.74, 6) is -0.506. The number of aliphatic hydroxyl groups is 1. The van der Waals surface area contributed by atoms with Crippen LogP contribution in [0.25, 0.3) is 21.6 Å². The molecule has 1 N–H and O–H groups in total. The third-order valence-electron chi connectivity index (χ3n) is 7.83. The highest BCUT2D eigenvalue weighted by Crippen LogP contribution is 2.46. The molecule has 1 amide bonds. The number of hydrogen-bond donors (Lipinski definition) is 1. The molecule has 5 aromatic rings. The summed E-state index contributed by atoms with van der Waals surface area (Å²) >= 11 is 7.48. The lowest BCUT2D eigenvalue weighted by molar-refractivity contribution is -0.132. The van der Waals surface area contributed by atoms with Crippen LogP contribution in [-0.4, -0.2) is 44.4 Å². The average Bonchev–Trinajstić information content (AvgIpc) is 3.65. The maximum absolute atomic E-state index is 13.9. The van der Waals surface area contributed by atoms with Crippen molar-refractivity contribution in [1.29, 1.82) is 0 Å². The lowest BCUT2D eigenvalue weighted by Gasteiger charge is -2.24. The maximum atomic E-state index is 13.9. The van der Waals surface area contributed by atoms with Crippen molar-refractivity contribution in [1.82, 2.24) is 14.4 Å². The number of Topliss-reactive ketones (excluding diaryl/α,β-unsaturated/α-hetero) is 1. The number of rotatable bonds is 9. The second-order valence-corrected chi connectivity index (χ2v) is 12.8. The zero-order valence-corrected chi connectivity index (χ0v) is 27.2. The lowest BCUT2D eigenvalue weighted by Crippen LogP contribution is -2.29. The van der Waals surface area contributed by atoms with Gasteiger partial charge < -0.3 is 19.0 Å². The number of hydrogen-bond acceptors (Lipinski definition) is 8. The lowest BCUT2D eigenvalue weighted by atomic mass is 9.96. The largest absolute Gasteiger partial charge is 0.505 e. The van der Waals surface area contributed by atoms with Crippen molar-refractivity contribution in [3.05, 3.63) is 87.8 Å². The van der Waals surface area contributed by atoms with Crippen LogP contribution in [0.3, 0.4) is 0 Å². The molecule has 1 fully saturated rings. The fourth-order valence-electron chi connectivity index (χ4n) is 5.50. The molecule has 4 heterocycles. The number of amides is 1. The van der Waals surface area contributed by atoms with Gasteiger partial charge in [0.25, 0.3) is 5.78 Å². The Kier molecular flexibility index (Phi) is 8.28. The van der Waals surface area contributed by atoms with Crippen LogP contribution in [0.4, 0.5) is 5.13 Å². The molecule has 0 radical (unpaired) electrons. The Hall–Kier alpha value is -4.41. The van der Waals surface area contributed by atoms with Gasteiger partial charge in [0.05, 0.1) is 40.7 Å². The van der Waals surface area contributed by atoms with Crippen LogP contribution in [0.2, 0.25) is 5.02 Å². The molecule has 3 aromatic heterocycles. The first-order chi connectivity index (χ1) is 21.6. The number of aryl methyl sites for hydroxylation is 2. The summed E-state index contributed by atoms with van der Waals surface area (Å²) in [6.45, 7) is 10.7. The molecular formula is C34H33ClN4O5S. The summed E-state index contributed by atoms with van der Waals surface area (Å²) < 4.78 is 14.6. The van der Waals surface area contributed by atoms with Crippen LogP contribution in [0.5, 0.6) is 11.5 Å². The Morgan fingerprint density at radius 1 is 1.07 bits per heavy atom. The number of ketones is 1. The first-order valence-corrected chi connectivity index (χ1v) is 16.0.